The van der Waals surface area contributed by atoms with Crippen molar-refractivity contribution in [2.24, 2.45) is 0 Å². The van der Waals surface area contributed by atoms with Gasteiger partial charge in [0.05, 0.1) is 5.56 Å². The normalized spacial score (nSPS) is 9.64. The smallest absolute Gasteiger partial charge is 0.224 e. The van der Waals surface area contributed by atoms with Crippen molar-refractivity contribution in [3.63, 3.8) is 0 Å². The van der Waals surface area contributed by atoms with Gasteiger partial charge in [-0.25, -0.2) is 4.39 Å². The van der Waals surface area contributed by atoms with Crippen LogP contribution < -0.4 is 0 Å². The average Bonchev–Trinajstić information content (AvgIpc) is 1.94. The van der Waals surface area contributed by atoms with Gasteiger partial charge in [-0.1, -0.05) is 6.07 Å². The molecule has 0 unspecified atom stereocenters. The number of carbonyl (C=O) groups excluding carboxylic acids is 1. The van der Waals surface area contributed by atoms with E-state index in [9.17, 15) is 14.3 Å². The molecule has 0 saturated heterocycles. The summed E-state index contributed by atoms with van der Waals surface area (Å²) < 4.78 is 12.5. The van der Waals surface area contributed by atoms with Gasteiger partial charge in [0.1, 0.15) is 0 Å². The Labute approximate surface area is 63.3 Å². The van der Waals surface area contributed by atoms with Crippen LogP contribution in [0.2, 0.25) is 0 Å². The highest BCUT2D eigenvalue weighted by molar-refractivity contribution is 5.96. The fourth-order valence-electron chi connectivity index (χ4n) is 0.786. The van der Waals surface area contributed by atoms with Crippen LogP contribution in [0.5, 0.6) is 5.75 Å². The van der Waals surface area contributed by atoms with E-state index >= 15 is 0 Å². The zero-order valence-corrected chi connectivity index (χ0v) is 5.93. The highest BCUT2D eigenvalue weighted by atomic mass is 19.1. The highest BCUT2D eigenvalue weighted by Crippen LogP contribution is 2.21. The molecule has 0 aliphatic carbocycles. The second-order valence-corrected chi connectivity index (χ2v) is 2.17. The maximum absolute atomic E-state index is 12.5. The Balaban J connectivity index is 3.27. The zero-order valence-electron chi connectivity index (χ0n) is 5.93. The van der Waals surface area contributed by atoms with Gasteiger partial charge in [0, 0.05) is 0 Å². The predicted octanol–water partition coefficient (Wildman–Crippen LogP) is 2.17. The third-order valence-electron chi connectivity index (χ3n) is 1.35. The summed E-state index contributed by atoms with van der Waals surface area (Å²) in [6, 6.07) is 3.69. The summed E-state index contributed by atoms with van der Waals surface area (Å²) >= 11 is 0. The average molecular weight is 153 g/mol. The van der Waals surface area contributed by atoms with Crippen LogP contribution in [0.25, 0.3) is 0 Å². The van der Waals surface area contributed by atoms with E-state index in [-0.39, 0.29) is 5.56 Å². The Bertz CT molecular complexity index is 294. The fraction of sp³-hybridized carbons (Fsp3) is 0.125. The van der Waals surface area contributed by atoms with E-state index < -0.39 is 17.3 Å². The first-order valence-electron chi connectivity index (χ1n) is 3.09. The van der Waals surface area contributed by atoms with E-state index in [1.54, 1.807) is 0 Å². The maximum atomic E-state index is 12.5. The Kier molecular flexibility index (Phi) is 1.89. The molecule has 0 N–H and O–H groups in total. The topological polar surface area (TPSA) is 37.0 Å². The van der Waals surface area contributed by atoms with Crippen molar-refractivity contribution in [3.8, 4) is 5.75 Å². The summed E-state index contributed by atoms with van der Waals surface area (Å²) in [5, 5.41) is 10.8. The molecule has 1 aromatic carbocycles. The second-order valence-electron chi connectivity index (χ2n) is 2.17. The molecule has 1 aromatic rings. The van der Waals surface area contributed by atoms with Crippen LogP contribution in [0, 0.1) is 5.82 Å². The van der Waals surface area contributed by atoms with E-state index in [4.69, 9.17) is 0 Å². The number of hydrogen-bond acceptors (Lipinski definition) is 1. The number of para-hydroxylation sites is 1. The summed E-state index contributed by atoms with van der Waals surface area (Å²) in [5.41, 5.74) is -0.0926. The molecule has 0 fully saturated rings. The van der Waals surface area contributed by atoms with Crippen molar-refractivity contribution in [3.05, 3.63) is 29.6 Å². The molecule has 0 atom stereocenters. The number of hydrogen-bond donors (Lipinski definition) is 0. The van der Waals surface area contributed by atoms with Gasteiger partial charge < -0.3 is 0 Å². The molecule has 11 heavy (non-hydrogen) atoms. The molecule has 0 amide bonds. The van der Waals surface area contributed by atoms with E-state index in [1.165, 1.54) is 19.1 Å². The van der Waals surface area contributed by atoms with Crippen LogP contribution in [0.1, 0.15) is 17.3 Å². The van der Waals surface area contributed by atoms with E-state index in [2.05, 4.69) is 0 Å². The van der Waals surface area contributed by atoms with Crippen LogP contribution in [0.3, 0.4) is 0 Å². The lowest BCUT2D eigenvalue weighted by atomic mass is 10.1. The quantitative estimate of drug-likeness (QED) is 0.569. The van der Waals surface area contributed by atoms with Gasteiger partial charge in [-0.05, 0) is 19.1 Å². The summed E-state index contributed by atoms with van der Waals surface area (Å²) in [6.07, 6.45) is 0. The molecule has 0 saturated carbocycles. The lowest BCUT2D eigenvalue weighted by molar-refractivity contribution is 0.101. The Morgan fingerprint density at radius 1 is 1.45 bits per heavy atom. The lowest BCUT2D eigenvalue weighted by Crippen LogP contribution is -1.92. The molecule has 3 heteroatoms. The monoisotopic (exact) mass is 153 g/mol. The molecule has 57 valence electrons. The van der Waals surface area contributed by atoms with Crippen molar-refractivity contribution < 1.29 is 14.3 Å². The van der Waals surface area contributed by atoms with Crippen molar-refractivity contribution >= 4 is 5.78 Å². The molecule has 0 aliphatic heterocycles. The minimum absolute atomic E-state index is 0.0926. The highest BCUT2D eigenvalue weighted by Gasteiger charge is 2.11. The van der Waals surface area contributed by atoms with Gasteiger partial charge in [-0.3, -0.25) is 9.90 Å². The minimum atomic E-state index is -0.877. The minimum Gasteiger partial charge on any atom is -0.294 e. The van der Waals surface area contributed by atoms with Crippen LogP contribution in [-0.4, -0.2) is 5.78 Å². The fourth-order valence-corrected chi connectivity index (χ4v) is 0.786. The number of carbonyl (C=O) groups is 1. The van der Waals surface area contributed by atoms with E-state index in [1.807, 2.05) is 0 Å². The largest absolute Gasteiger partial charge is 0.294 e. The van der Waals surface area contributed by atoms with Gasteiger partial charge in [0.25, 0.3) is 0 Å². The summed E-state index contributed by atoms with van der Waals surface area (Å²) in [6.45, 7) is 1.23. The molecule has 2 nitrogen and oxygen atoms in total. The molecule has 0 aliphatic rings. The molecule has 0 spiro atoms. The van der Waals surface area contributed by atoms with Crippen molar-refractivity contribution in [2.75, 3.05) is 0 Å². The number of benzene rings is 1. The Morgan fingerprint density at radius 3 is 2.55 bits per heavy atom. The number of ketones is 1. The van der Waals surface area contributed by atoms with Crippen LogP contribution in [0.15, 0.2) is 18.2 Å². The molecular formula is C8H6FO2. The lowest BCUT2D eigenvalue weighted by Gasteiger charge is -1.96. The number of rotatable bonds is 1. The van der Waals surface area contributed by atoms with Gasteiger partial charge in [-0.2, -0.15) is 0 Å². The molecular weight excluding hydrogens is 147 g/mol. The first kappa shape index (κ1) is 7.72. The molecule has 0 bridgehead atoms. The van der Waals surface area contributed by atoms with Crippen LogP contribution >= 0.6 is 0 Å². The van der Waals surface area contributed by atoms with E-state index in [0.29, 0.717) is 0 Å². The third kappa shape index (κ3) is 1.37. The standard InChI is InChI=1S/C8H6FO2/c1-5(10)6-3-2-4-7(9)8(6)11/h2-4H,1H3. The van der Waals surface area contributed by atoms with Crippen LogP contribution in [-0.2, 0) is 5.11 Å². The molecule has 0 heterocycles. The zero-order chi connectivity index (χ0) is 8.43. The first-order valence-corrected chi connectivity index (χ1v) is 3.09. The molecule has 1 radical (unpaired) electrons. The first-order chi connectivity index (χ1) is 5.13. The number of halogens is 1. The van der Waals surface area contributed by atoms with Gasteiger partial charge >= 0.3 is 0 Å². The maximum Gasteiger partial charge on any atom is 0.224 e. The Hall–Kier alpha value is -1.38. The Morgan fingerprint density at radius 2 is 2.09 bits per heavy atom. The van der Waals surface area contributed by atoms with Gasteiger partial charge in [0.15, 0.2) is 11.6 Å². The second kappa shape index (κ2) is 2.70. The number of Topliss-reactive ketones (excluding diaryl/α,β-unsaturated/α-hetero) is 1. The SMILES string of the molecule is CC(=O)c1cccc(F)c1[O]. The summed E-state index contributed by atoms with van der Waals surface area (Å²) in [5.74, 6) is -2.10. The molecule has 0 aromatic heterocycles. The van der Waals surface area contributed by atoms with Gasteiger partial charge in [-0.15, -0.1) is 0 Å². The van der Waals surface area contributed by atoms with E-state index in [0.717, 1.165) is 6.07 Å². The third-order valence-corrected chi connectivity index (χ3v) is 1.35. The summed E-state index contributed by atoms with van der Waals surface area (Å²) in [4.78, 5) is 10.7. The molecule has 1 rings (SSSR count). The summed E-state index contributed by atoms with van der Waals surface area (Å²) in [7, 11) is 0. The van der Waals surface area contributed by atoms with Crippen molar-refractivity contribution in [1.29, 1.82) is 0 Å². The van der Waals surface area contributed by atoms with Crippen molar-refractivity contribution in [2.45, 2.75) is 6.92 Å². The predicted molar refractivity (Wildman–Crippen MR) is 36.5 cm³/mol. The van der Waals surface area contributed by atoms with Crippen LogP contribution in [0.4, 0.5) is 4.39 Å². The van der Waals surface area contributed by atoms with Gasteiger partial charge in [0.2, 0.25) is 5.75 Å². The van der Waals surface area contributed by atoms with Crippen molar-refractivity contribution in [1.82, 2.24) is 0 Å².